The highest BCUT2D eigenvalue weighted by molar-refractivity contribution is 7.92. The average Bonchev–Trinajstić information content (AvgIpc) is 2.99. The van der Waals surface area contributed by atoms with Crippen molar-refractivity contribution in [3.8, 4) is 11.5 Å². The minimum Gasteiger partial charge on any atom is -0.497 e. The van der Waals surface area contributed by atoms with Crippen molar-refractivity contribution in [1.29, 1.82) is 0 Å². The predicted octanol–water partition coefficient (Wildman–Crippen LogP) is 4.23. The van der Waals surface area contributed by atoms with Crippen LogP contribution in [0.3, 0.4) is 0 Å². The smallest absolute Gasteiger partial charge is 0.264 e. The molecule has 3 aromatic carbocycles. The topological polar surface area (TPSA) is 105 Å². The number of benzene rings is 3. The van der Waals surface area contributed by atoms with Gasteiger partial charge in [-0.05, 0) is 66.9 Å². The molecule has 0 aromatic heterocycles. The lowest BCUT2D eigenvalue weighted by atomic mass is 10.1. The van der Waals surface area contributed by atoms with Gasteiger partial charge in [-0.15, -0.1) is 0 Å². The molecule has 0 spiro atoms. The first-order valence-electron chi connectivity index (χ1n) is 13.2. The molecule has 1 atom stereocenters. The quantitative estimate of drug-likeness (QED) is 0.313. The third-order valence-electron chi connectivity index (χ3n) is 6.39. The van der Waals surface area contributed by atoms with Gasteiger partial charge in [0.05, 0.1) is 24.8 Å². The van der Waals surface area contributed by atoms with E-state index in [9.17, 15) is 18.0 Å². The van der Waals surface area contributed by atoms with E-state index in [0.717, 1.165) is 16.3 Å². The van der Waals surface area contributed by atoms with Crippen LogP contribution in [0, 0.1) is 0 Å². The van der Waals surface area contributed by atoms with Gasteiger partial charge in [0.25, 0.3) is 10.0 Å². The van der Waals surface area contributed by atoms with Crippen molar-refractivity contribution in [2.45, 2.75) is 44.2 Å². The average molecular weight is 568 g/mol. The van der Waals surface area contributed by atoms with E-state index in [1.807, 2.05) is 19.9 Å². The van der Waals surface area contributed by atoms with Gasteiger partial charge in [0.2, 0.25) is 11.8 Å². The largest absolute Gasteiger partial charge is 0.497 e. The van der Waals surface area contributed by atoms with Gasteiger partial charge in [0.15, 0.2) is 0 Å². The zero-order valence-corrected chi connectivity index (χ0v) is 24.2. The number of anilines is 1. The van der Waals surface area contributed by atoms with E-state index in [2.05, 4.69) is 5.32 Å². The Morgan fingerprint density at radius 1 is 0.875 bits per heavy atom. The monoisotopic (exact) mass is 567 g/mol. The van der Waals surface area contributed by atoms with Crippen LogP contribution in [0.25, 0.3) is 0 Å². The molecule has 214 valence electrons. The van der Waals surface area contributed by atoms with Crippen molar-refractivity contribution in [2.24, 2.45) is 0 Å². The molecule has 0 aliphatic carbocycles. The van der Waals surface area contributed by atoms with E-state index >= 15 is 0 Å². The van der Waals surface area contributed by atoms with E-state index in [0.29, 0.717) is 30.2 Å². The fraction of sp³-hybridized carbons (Fsp3) is 0.333. The van der Waals surface area contributed by atoms with Crippen molar-refractivity contribution in [3.63, 3.8) is 0 Å². The van der Waals surface area contributed by atoms with Gasteiger partial charge >= 0.3 is 0 Å². The first kappa shape index (κ1) is 30.5. The summed E-state index contributed by atoms with van der Waals surface area (Å²) in [5.74, 6) is 0.351. The number of hydrogen-bond acceptors (Lipinski definition) is 6. The molecule has 0 aliphatic heterocycles. The number of nitrogens with zero attached hydrogens (tertiary/aromatic N) is 2. The molecule has 2 amide bonds. The zero-order chi connectivity index (χ0) is 29.1. The van der Waals surface area contributed by atoms with Crippen molar-refractivity contribution < 1.29 is 27.5 Å². The van der Waals surface area contributed by atoms with Gasteiger partial charge < -0.3 is 19.7 Å². The minimum atomic E-state index is -4.13. The van der Waals surface area contributed by atoms with Gasteiger partial charge in [0, 0.05) is 13.1 Å². The highest BCUT2D eigenvalue weighted by Gasteiger charge is 2.33. The van der Waals surface area contributed by atoms with Crippen molar-refractivity contribution in [2.75, 3.05) is 31.6 Å². The van der Waals surface area contributed by atoms with E-state index < -0.39 is 28.5 Å². The van der Waals surface area contributed by atoms with Crippen LogP contribution in [0.2, 0.25) is 0 Å². The number of amides is 2. The summed E-state index contributed by atoms with van der Waals surface area (Å²) >= 11 is 0. The molecule has 0 bridgehead atoms. The second kappa shape index (κ2) is 14.4. The van der Waals surface area contributed by atoms with Crippen molar-refractivity contribution >= 4 is 27.5 Å². The fourth-order valence-corrected chi connectivity index (χ4v) is 5.69. The Balaban J connectivity index is 2.05. The second-order valence-corrected chi connectivity index (χ2v) is 11.0. The molecule has 0 aliphatic rings. The first-order chi connectivity index (χ1) is 19.2. The lowest BCUT2D eigenvalue weighted by Crippen LogP contribution is -2.52. The minimum absolute atomic E-state index is 0.0469. The Morgan fingerprint density at radius 3 is 2.15 bits per heavy atom. The Hall–Kier alpha value is -4.05. The summed E-state index contributed by atoms with van der Waals surface area (Å²) in [6, 6.07) is 20.8. The van der Waals surface area contributed by atoms with Crippen molar-refractivity contribution in [1.82, 2.24) is 10.2 Å². The lowest BCUT2D eigenvalue weighted by Gasteiger charge is -2.33. The van der Waals surface area contributed by atoms with Gasteiger partial charge in [0.1, 0.15) is 24.1 Å². The van der Waals surface area contributed by atoms with Crippen LogP contribution in [0.4, 0.5) is 5.69 Å². The van der Waals surface area contributed by atoms with E-state index in [4.69, 9.17) is 9.47 Å². The SMILES string of the molecule is CCCNC(=O)[C@H](CC)N(Cc1cccc(OC)c1)C(=O)CN(c1ccc(OC)cc1)S(=O)(=O)c1ccccc1. The Labute approximate surface area is 236 Å². The first-order valence-corrected chi connectivity index (χ1v) is 14.6. The second-order valence-electron chi connectivity index (χ2n) is 9.11. The van der Waals surface area contributed by atoms with E-state index in [1.165, 1.54) is 24.1 Å². The summed E-state index contributed by atoms with van der Waals surface area (Å²) in [5.41, 5.74) is 1.04. The maximum absolute atomic E-state index is 14.0. The summed E-state index contributed by atoms with van der Waals surface area (Å²) in [5, 5.41) is 2.88. The number of carbonyl (C=O) groups excluding carboxylic acids is 2. The number of carbonyl (C=O) groups is 2. The molecule has 0 fully saturated rings. The third-order valence-corrected chi connectivity index (χ3v) is 8.18. The summed E-state index contributed by atoms with van der Waals surface area (Å²) in [6.45, 7) is 3.82. The predicted molar refractivity (Wildman–Crippen MR) is 155 cm³/mol. The highest BCUT2D eigenvalue weighted by Crippen LogP contribution is 2.27. The molecular weight excluding hydrogens is 530 g/mol. The van der Waals surface area contributed by atoms with E-state index in [-0.39, 0.29) is 17.3 Å². The number of rotatable bonds is 14. The van der Waals surface area contributed by atoms with Gasteiger partial charge in [-0.3, -0.25) is 13.9 Å². The van der Waals surface area contributed by atoms with Crippen LogP contribution in [0.1, 0.15) is 32.3 Å². The summed E-state index contributed by atoms with van der Waals surface area (Å²) in [6.07, 6.45) is 1.09. The summed E-state index contributed by atoms with van der Waals surface area (Å²) in [4.78, 5) is 28.7. The van der Waals surface area contributed by atoms with Crippen LogP contribution >= 0.6 is 0 Å². The fourth-order valence-electron chi connectivity index (χ4n) is 4.25. The van der Waals surface area contributed by atoms with Gasteiger partial charge in [-0.2, -0.15) is 0 Å². The molecule has 0 saturated heterocycles. The van der Waals surface area contributed by atoms with Crippen LogP contribution < -0.4 is 19.1 Å². The molecule has 3 rings (SSSR count). The normalized spacial score (nSPS) is 11.8. The van der Waals surface area contributed by atoms with Crippen LogP contribution in [0.15, 0.2) is 83.8 Å². The van der Waals surface area contributed by atoms with Crippen molar-refractivity contribution in [3.05, 3.63) is 84.4 Å². The highest BCUT2D eigenvalue weighted by atomic mass is 32.2. The standard InChI is InChI=1S/C30H37N3O6S/c1-5-19-31-30(35)28(6-2)32(21-23-11-10-12-26(20-23)39-4)29(34)22-33(24-15-17-25(38-3)18-16-24)40(36,37)27-13-8-7-9-14-27/h7-18,20,28H,5-6,19,21-22H2,1-4H3,(H,31,35)/t28-/m0/s1. The molecule has 9 nitrogen and oxygen atoms in total. The molecule has 0 saturated carbocycles. The molecule has 10 heteroatoms. The van der Waals surface area contributed by atoms with Gasteiger partial charge in [-0.25, -0.2) is 8.42 Å². The molecule has 1 N–H and O–H groups in total. The van der Waals surface area contributed by atoms with Crippen LogP contribution in [-0.2, 0) is 26.2 Å². The number of nitrogens with one attached hydrogen (secondary N) is 1. The maximum atomic E-state index is 14.0. The van der Waals surface area contributed by atoms with Gasteiger partial charge in [-0.1, -0.05) is 44.2 Å². The summed E-state index contributed by atoms with van der Waals surface area (Å²) in [7, 11) is -1.06. The molecule has 0 radical (unpaired) electrons. The molecule has 3 aromatic rings. The Morgan fingerprint density at radius 2 is 1.55 bits per heavy atom. The molecule has 0 unspecified atom stereocenters. The molecule has 40 heavy (non-hydrogen) atoms. The third kappa shape index (κ3) is 7.53. The Kier molecular flexibility index (Phi) is 11.0. The number of methoxy groups -OCH3 is 2. The van der Waals surface area contributed by atoms with Crippen LogP contribution in [-0.4, -0.2) is 58.5 Å². The summed E-state index contributed by atoms with van der Waals surface area (Å²) < 4.78 is 39.3. The van der Waals surface area contributed by atoms with Crippen LogP contribution in [0.5, 0.6) is 11.5 Å². The number of ether oxygens (including phenoxy) is 2. The Bertz CT molecular complexity index is 1360. The molecular formula is C30H37N3O6S. The van der Waals surface area contributed by atoms with E-state index in [1.54, 1.807) is 67.8 Å². The zero-order valence-electron chi connectivity index (χ0n) is 23.4. The number of hydrogen-bond donors (Lipinski definition) is 1. The molecule has 0 heterocycles. The lowest BCUT2D eigenvalue weighted by molar-refractivity contribution is -0.140. The number of sulfonamides is 1. The maximum Gasteiger partial charge on any atom is 0.264 e.